The van der Waals surface area contributed by atoms with Crippen molar-refractivity contribution in [3.63, 3.8) is 0 Å². The van der Waals surface area contributed by atoms with Gasteiger partial charge in [-0.1, -0.05) is 18.2 Å². The van der Waals surface area contributed by atoms with Gasteiger partial charge in [-0.15, -0.1) is 0 Å². The lowest BCUT2D eigenvalue weighted by Crippen LogP contribution is -2.24. The highest BCUT2D eigenvalue weighted by atomic mass is 16.6. The van der Waals surface area contributed by atoms with Gasteiger partial charge in [0.2, 0.25) is 5.78 Å². The molecule has 1 aromatic heterocycles. The molecular weight excluding hydrogens is 338 g/mol. The van der Waals surface area contributed by atoms with Crippen molar-refractivity contribution >= 4 is 34.0 Å². The first-order chi connectivity index (χ1) is 12.4. The second-order valence-corrected chi connectivity index (χ2v) is 5.69. The molecule has 3 N–H and O–H groups in total. The Balaban J connectivity index is 1.82. The molecule has 0 aliphatic carbocycles. The average molecular weight is 353 g/mol. The van der Waals surface area contributed by atoms with Crippen molar-refractivity contribution in [1.29, 1.82) is 0 Å². The SMILES string of the molecule is C[C@@H](OC(=O)c1cc([N+](=O)[O-])ccc1N)C(=O)c1c[nH]c2ccccc12. The molecule has 132 valence electrons. The van der Waals surface area contributed by atoms with Crippen molar-refractivity contribution in [3.8, 4) is 0 Å². The molecule has 8 nitrogen and oxygen atoms in total. The first kappa shape index (κ1) is 17.2. The summed E-state index contributed by atoms with van der Waals surface area (Å²) in [5, 5.41) is 11.6. The number of ether oxygens (including phenoxy) is 1. The minimum absolute atomic E-state index is 0.0346. The maximum Gasteiger partial charge on any atom is 0.341 e. The van der Waals surface area contributed by atoms with Crippen LogP contribution in [0.5, 0.6) is 0 Å². The second-order valence-electron chi connectivity index (χ2n) is 5.69. The molecule has 0 unspecified atom stereocenters. The first-order valence-electron chi connectivity index (χ1n) is 7.73. The van der Waals surface area contributed by atoms with E-state index in [1.54, 1.807) is 18.3 Å². The minimum atomic E-state index is -1.08. The molecule has 0 radical (unpaired) electrons. The average Bonchev–Trinajstić information content (AvgIpc) is 3.05. The Labute approximate surface area is 147 Å². The number of benzene rings is 2. The molecule has 0 fully saturated rings. The van der Waals surface area contributed by atoms with Gasteiger partial charge in [-0.05, 0) is 19.1 Å². The lowest BCUT2D eigenvalue weighted by atomic mass is 10.1. The number of aromatic amines is 1. The van der Waals surface area contributed by atoms with Crippen molar-refractivity contribution in [1.82, 2.24) is 4.98 Å². The quantitative estimate of drug-likeness (QED) is 0.238. The summed E-state index contributed by atoms with van der Waals surface area (Å²) in [5.41, 5.74) is 6.47. The molecule has 2 aromatic carbocycles. The lowest BCUT2D eigenvalue weighted by molar-refractivity contribution is -0.384. The van der Waals surface area contributed by atoms with Crippen LogP contribution in [0, 0.1) is 10.1 Å². The Bertz CT molecular complexity index is 1020. The Hall–Kier alpha value is -3.68. The van der Waals surface area contributed by atoms with Gasteiger partial charge in [0.05, 0.1) is 10.5 Å². The van der Waals surface area contributed by atoms with Gasteiger partial charge in [0.25, 0.3) is 5.69 Å². The number of anilines is 1. The van der Waals surface area contributed by atoms with Crippen molar-refractivity contribution in [2.24, 2.45) is 0 Å². The number of hydrogen-bond donors (Lipinski definition) is 2. The van der Waals surface area contributed by atoms with E-state index in [1.165, 1.54) is 19.1 Å². The fourth-order valence-electron chi connectivity index (χ4n) is 2.61. The fraction of sp³-hybridized carbons (Fsp3) is 0.111. The lowest BCUT2D eigenvalue weighted by Gasteiger charge is -2.13. The van der Waals surface area contributed by atoms with E-state index in [1.807, 2.05) is 12.1 Å². The van der Waals surface area contributed by atoms with E-state index in [9.17, 15) is 19.7 Å². The van der Waals surface area contributed by atoms with Crippen LogP contribution in [0.2, 0.25) is 0 Å². The van der Waals surface area contributed by atoms with E-state index in [2.05, 4.69) is 4.98 Å². The van der Waals surface area contributed by atoms with E-state index in [0.717, 1.165) is 17.0 Å². The number of nitrogen functional groups attached to an aromatic ring is 1. The van der Waals surface area contributed by atoms with Gasteiger partial charge in [0.1, 0.15) is 0 Å². The van der Waals surface area contributed by atoms with Crippen LogP contribution in [0.1, 0.15) is 27.6 Å². The number of Topliss-reactive ketones (excluding diaryl/α,β-unsaturated/α-hetero) is 1. The second kappa shape index (κ2) is 6.67. The number of hydrogen-bond acceptors (Lipinski definition) is 6. The molecule has 0 saturated carbocycles. The standard InChI is InChI=1S/C18H15N3O5/c1-10(17(22)14-9-20-16-5-3-2-4-12(14)16)26-18(23)13-8-11(21(24)25)6-7-15(13)19/h2-10,20H,19H2,1H3/t10-/m1/s1. The normalized spacial score (nSPS) is 11.9. The predicted molar refractivity (Wildman–Crippen MR) is 95.0 cm³/mol. The van der Waals surface area contributed by atoms with Crippen LogP contribution >= 0.6 is 0 Å². The Morgan fingerprint density at radius 3 is 2.65 bits per heavy atom. The zero-order valence-corrected chi connectivity index (χ0v) is 13.8. The third kappa shape index (κ3) is 3.12. The summed E-state index contributed by atoms with van der Waals surface area (Å²) in [6.45, 7) is 1.44. The number of nitro groups is 1. The van der Waals surface area contributed by atoms with Crippen LogP contribution in [0.3, 0.4) is 0 Å². The third-order valence-corrected chi connectivity index (χ3v) is 3.98. The zero-order valence-electron chi connectivity index (χ0n) is 13.8. The van der Waals surface area contributed by atoms with Gasteiger partial charge in [0, 0.05) is 40.5 Å². The number of H-pyrrole nitrogens is 1. The number of non-ortho nitro benzene ring substituents is 1. The highest BCUT2D eigenvalue weighted by molar-refractivity contribution is 6.10. The van der Waals surface area contributed by atoms with E-state index in [0.29, 0.717) is 5.56 Å². The number of aromatic nitrogens is 1. The summed E-state index contributed by atoms with van der Waals surface area (Å²) in [6, 6.07) is 10.7. The van der Waals surface area contributed by atoms with Crippen molar-refractivity contribution in [2.75, 3.05) is 5.73 Å². The largest absolute Gasteiger partial charge is 0.451 e. The fourth-order valence-corrected chi connectivity index (χ4v) is 2.61. The highest BCUT2D eigenvalue weighted by Gasteiger charge is 2.24. The molecule has 0 bridgehead atoms. The monoisotopic (exact) mass is 353 g/mol. The number of rotatable bonds is 5. The number of nitrogens with zero attached hydrogens (tertiary/aromatic N) is 1. The topological polar surface area (TPSA) is 128 Å². The number of nitrogens with one attached hydrogen (secondary N) is 1. The van der Waals surface area contributed by atoms with E-state index >= 15 is 0 Å². The molecule has 3 aromatic rings. The summed E-state index contributed by atoms with van der Waals surface area (Å²) < 4.78 is 5.18. The number of para-hydroxylation sites is 1. The molecule has 1 heterocycles. The number of esters is 1. The van der Waals surface area contributed by atoms with E-state index in [-0.39, 0.29) is 22.7 Å². The third-order valence-electron chi connectivity index (χ3n) is 3.98. The summed E-state index contributed by atoms with van der Waals surface area (Å²) in [7, 11) is 0. The number of nitro benzene ring substituents is 1. The van der Waals surface area contributed by atoms with Crippen LogP contribution in [-0.2, 0) is 4.74 Å². The number of carbonyl (C=O) groups is 2. The maximum absolute atomic E-state index is 12.6. The predicted octanol–water partition coefficient (Wildman–Crippen LogP) is 3.09. The maximum atomic E-state index is 12.6. The Morgan fingerprint density at radius 2 is 1.92 bits per heavy atom. The van der Waals surface area contributed by atoms with Gasteiger partial charge in [0.15, 0.2) is 6.10 Å². The molecule has 8 heteroatoms. The van der Waals surface area contributed by atoms with Gasteiger partial charge in [-0.2, -0.15) is 0 Å². The molecule has 0 spiro atoms. The number of carbonyl (C=O) groups excluding carboxylic acids is 2. The van der Waals surface area contributed by atoms with Gasteiger partial charge >= 0.3 is 5.97 Å². The molecule has 3 rings (SSSR count). The minimum Gasteiger partial charge on any atom is -0.451 e. The number of ketones is 1. The van der Waals surface area contributed by atoms with Crippen LogP contribution in [0.25, 0.3) is 10.9 Å². The van der Waals surface area contributed by atoms with Crippen LogP contribution in [-0.4, -0.2) is 27.8 Å². The Kier molecular flexibility index (Phi) is 4.40. The summed E-state index contributed by atoms with van der Waals surface area (Å²) in [6.07, 6.45) is 0.472. The summed E-state index contributed by atoms with van der Waals surface area (Å²) >= 11 is 0. The van der Waals surface area contributed by atoms with Gasteiger partial charge in [-0.3, -0.25) is 14.9 Å². The Morgan fingerprint density at radius 1 is 1.19 bits per heavy atom. The van der Waals surface area contributed by atoms with Gasteiger partial charge < -0.3 is 15.5 Å². The molecular formula is C18H15N3O5. The van der Waals surface area contributed by atoms with Crippen LogP contribution in [0.15, 0.2) is 48.7 Å². The molecule has 26 heavy (non-hydrogen) atoms. The molecule has 0 aliphatic heterocycles. The van der Waals surface area contributed by atoms with Crippen molar-refractivity contribution < 1.29 is 19.2 Å². The van der Waals surface area contributed by atoms with E-state index in [4.69, 9.17) is 10.5 Å². The number of nitrogens with two attached hydrogens (primary N) is 1. The highest BCUT2D eigenvalue weighted by Crippen LogP contribution is 2.23. The molecule has 1 atom stereocenters. The van der Waals surface area contributed by atoms with Gasteiger partial charge in [-0.25, -0.2) is 4.79 Å². The van der Waals surface area contributed by atoms with Crippen molar-refractivity contribution in [2.45, 2.75) is 13.0 Å². The van der Waals surface area contributed by atoms with Crippen LogP contribution < -0.4 is 5.73 Å². The molecule has 0 aliphatic rings. The number of fused-ring (bicyclic) bond motifs is 1. The summed E-state index contributed by atoms with van der Waals surface area (Å²) in [4.78, 5) is 38.1. The van der Waals surface area contributed by atoms with Crippen molar-refractivity contribution in [3.05, 3.63) is 69.9 Å². The van der Waals surface area contributed by atoms with Crippen LogP contribution in [0.4, 0.5) is 11.4 Å². The molecule has 0 saturated heterocycles. The summed E-state index contributed by atoms with van der Waals surface area (Å²) in [5.74, 6) is -1.29. The smallest absolute Gasteiger partial charge is 0.341 e. The first-order valence-corrected chi connectivity index (χ1v) is 7.73. The zero-order chi connectivity index (χ0) is 18.8. The molecule has 0 amide bonds. The van der Waals surface area contributed by atoms with E-state index < -0.39 is 17.0 Å².